The summed E-state index contributed by atoms with van der Waals surface area (Å²) in [5.74, 6) is 0.265. The molecule has 1 amide bonds. The number of rotatable bonds is 7. The van der Waals surface area contributed by atoms with E-state index in [1.54, 1.807) is 23.9 Å². The Bertz CT molecular complexity index is 1630. The highest BCUT2D eigenvalue weighted by molar-refractivity contribution is 6.04. The van der Waals surface area contributed by atoms with E-state index in [0.717, 1.165) is 35.2 Å². The number of allylic oxidation sites excluding steroid dienone is 3. The first kappa shape index (κ1) is 24.2. The van der Waals surface area contributed by atoms with E-state index in [9.17, 15) is 9.59 Å². The summed E-state index contributed by atoms with van der Waals surface area (Å²) < 4.78 is 1.60. The van der Waals surface area contributed by atoms with Crippen LogP contribution in [-0.2, 0) is 7.05 Å². The summed E-state index contributed by atoms with van der Waals surface area (Å²) in [6, 6.07) is 15.1. The van der Waals surface area contributed by atoms with Crippen LogP contribution >= 0.6 is 0 Å². The molecule has 7 heteroatoms. The van der Waals surface area contributed by atoms with Crippen LogP contribution in [-0.4, -0.2) is 27.0 Å². The van der Waals surface area contributed by atoms with E-state index >= 15 is 0 Å². The van der Waals surface area contributed by atoms with E-state index in [0.29, 0.717) is 34.6 Å². The molecule has 0 bridgehead atoms. The molecule has 0 fully saturated rings. The Morgan fingerprint density at radius 2 is 1.97 bits per heavy atom. The number of nitrogens with one attached hydrogen (secondary N) is 2. The van der Waals surface area contributed by atoms with Gasteiger partial charge in [0.2, 0.25) is 5.95 Å². The summed E-state index contributed by atoms with van der Waals surface area (Å²) in [5.41, 5.74) is 6.37. The summed E-state index contributed by atoms with van der Waals surface area (Å²) in [6.45, 7) is 4.64. The summed E-state index contributed by atoms with van der Waals surface area (Å²) in [7, 11) is 1.74. The number of fused-ring (bicyclic) bond motifs is 1. The highest BCUT2D eigenvalue weighted by Gasteiger charge is 2.14. The number of amides is 1. The van der Waals surface area contributed by atoms with Gasteiger partial charge in [-0.05, 0) is 62.6 Å². The Morgan fingerprint density at radius 3 is 2.76 bits per heavy atom. The number of benzene rings is 2. The number of hydrogen-bond donors (Lipinski definition) is 2. The van der Waals surface area contributed by atoms with Gasteiger partial charge in [-0.15, -0.1) is 0 Å². The Morgan fingerprint density at radius 1 is 1.11 bits per heavy atom. The second-order valence-electron chi connectivity index (χ2n) is 9.38. The molecule has 37 heavy (non-hydrogen) atoms. The van der Waals surface area contributed by atoms with Crippen molar-refractivity contribution in [1.82, 2.24) is 14.5 Å². The predicted octanol–water partition coefficient (Wildman–Crippen LogP) is 5.55. The molecule has 2 heterocycles. The minimum atomic E-state index is -0.200. The molecule has 0 radical (unpaired) electrons. The number of carbonyl (C=O) groups is 1. The lowest BCUT2D eigenvalue weighted by Gasteiger charge is -2.15. The molecule has 186 valence electrons. The zero-order valence-electron chi connectivity index (χ0n) is 21.2. The van der Waals surface area contributed by atoms with Crippen molar-refractivity contribution >= 4 is 28.4 Å². The lowest BCUT2D eigenvalue weighted by atomic mass is 10.0. The van der Waals surface area contributed by atoms with E-state index in [2.05, 4.69) is 38.8 Å². The van der Waals surface area contributed by atoms with Gasteiger partial charge in [0.15, 0.2) is 0 Å². The number of aryl methyl sites for hydroxylation is 2. The Labute approximate surface area is 215 Å². The molecule has 0 saturated carbocycles. The first-order chi connectivity index (χ1) is 17.9. The van der Waals surface area contributed by atoms with Gasteiger partial charge in [-0.3, -0.25) is 9.59 Å². The Kier molecular flexibility index (Phi) is 6.68. The standard InChI is InChI=1S/C30H29N5O2/c1-19-7-6-10-22(15-19)28(36)33-24-12-11-20(2)25(17-24)26-16-23-18-32-30(34-27(23)29(37)35(26)3)31-14-13-21-8-4-5-9-21/h4-8,10-12,15-18H,9,13-14H2,1-3H3,(H,33,36)(H,31,32,34). The first-order valence-electron chi connectivity index (χ1n) is 12.3. The number of nitrogens with zero attached hydrogens (tertiary/aromatic N) is 3. The van der Waals surface area contributed by atoms with Gasteiger partial charge in [0.05, 0.1) is 5.69 Å². The molecule has 0 unspecified atom stereocenters. The fourth-order valence-corrected chi connectivity index (χ4v) is 4.50. The smallest absolute Gasteiger partial charge is 0.277 e. The highest BCUT2D eigenvalue weighted by atomic mass is 16.1. The van der Waals surface area contributed by atoms with Gasteiger partial charge in [0.1, 0.15) is 5.52 Å². The molecule has 0 spiro atoms. The second-order valence-corrected chi connectivity index (χ2v) is 9.38. The molecule has 2 aromatic heterocycles. The van der Waals surface area contributed by atoms with Crippen molar-refractivity contribution in [2.75, 3.05) is 17.2 Å². The molecule has 4 aromatic rings. The number of pyridine rings is 1. The largest absolute Gasteiger partial charge is 0.354 e. The van der Waals surface area contributed by atoms with Gasteiger partial charge in [-0.1, -0.05) is 47.6 Å². The van der Waals surface area contributed by atoms with Crippen LogP contribution in [0, 0.1) is 13.8 Å². The van der Waals surface area contributed by atoms with Gasteiger partial charge in [0.25, 0.3) is 11.5 Å². The molecular formula is C30H29N5O2. The fourth-order valence-electron chi connectivity index (χ4n) is 4.50. The maximum absolute atomic E-state index is 13.3. The maximum Gasteiger partial charge on any atom is 0.277 e. The summed E-state index contributed by atoms with van der Waals surface area (Å²) >= 11 is 0. The van der Waals surface area contributed by atoms with Gasteiger partial charge >= 0.3 is 0 Å². The topological polar surface area (TPSA) is 88.9 Å². The molecule has 2 N–H and O–H groups in total. The second kappa shape index (κ2) is 10.2. The lowest BCUT2D eigenvalue weighted by molar-refractivity contribution is 0.102. The van der Waals surface area contributed by atoms with E-state index in [-0.39, 0.29) is 11.5 Å². The number of aromatic nitrogens is 3. The Balaban J connectivity index is 1.42. The number of anilines is 2. The summed E-state index contributed by atoms with van der Waals surface area (Å²) in [4.78, 5) is 35.0. The summed E-state index contributed by atoms with van der Waals surface area (Å²) in [6.07, 6.45) is 9.91. The van der Waals surface area contributed by atoms with E-state index in [1.165, 1.54) is 5.57 Å². The zero-order valence-corrected chi connectivity index (χ0v) is 21.2. The third-order valence-corrected chi connectivity index (χ3v) is 6.61. The minimum Gasteiger partial charge on any atom is -0.354 e. The van der Waals surface area contributed by atoms with Crippen LogP contribution in [0.5, 0.6) is 0 Å². The molecule has 0 atom stereocenters. The monoisotopic (exact) mass is 491 g/mol. The van der Waals surface area contributed by atoms with E-state index in [4.69, 9.17) is 0 Å². The van der Waals surface area contributed by atoms with Gasteiger partial charge in [-0.25, -0.2) is 9.97 Å². The van der Waals surface area contributed by atoms with Crippen molar-refractivity contribution in [3.63, 3.8) is 0 Å². The van der Waals surface area contributed by atoms with Crippen LogP contribution in [0.3, 0.4) is 0 Å². The molecule has 0 saturated heterocycles. The highest BCUT2D eigenvalue weighted by Crippen LogP contribution is 2.28. The number of carbonyl (C=O) groups excluding carboxylic acids is 1. The summed E-state index contributed by atoms with van der Waals surface area (Å²) in [5, 5.41) is 6.87. The number of hydrogen-bond acceptors (Lipinski definition) is 5. The average Bonchev–Trinajstić information content (AvgIpc) is 3.41. The van der Waals surface area contributed by atoms with Crippen LogP contribution in [0.1, 0.15) is 34.3 Å². The quantitative estimate of drug-likeness (QED) is 0.354. The van der Waals surface area contributed by atoms with Gasteiger partial charge in [-0.2, -0.15) is 0 Å². The molecular weight excluding hydrogens is 462 g/mol. The molecule has 2 aromatic carbocycles. The minimum absolute atomic E-state index is 0.181. The van der Waals surface area contributed by atoms with Crippen molar-refractivity contribution < 1.29 is 4.79 Å². The van der Waals surface area contributed by atoms with Crippen molar-refractivity contribution in [3.8, 4) is 11.3 Å². The van der Waals surface area contributed by atoms with Crippen molar-refractivity contribution in [2.24, 2.45) is 7.05 Å². The third-order valence-electron chi connectivity index (χ3n) is 6.61. The zero-order chi connectivity index (χ0) is 25.9. The van der Waals surface area contributed by atoms with Crippen molar-refractivity contribution in [3.05, 3.63) is 106 Å². The molecule has 1 aliphatic carbocycles. The van der Waals surface area contributed by atoms with Gasteiger partial charge in [0, 0.05) is 42.0 Å². The molecule has 1 aliphatic rings. The van der Waals surface area contributed by atoms with Crippen LogP contribution in [0.2, 0.25) is 0 Å². The average molecular weight is 492 g/mol. The predicted molar refractivity (Wildman–Crippen MR) is 149 cm³/mol. The van der Waals surface area contributed by atoms with Crippen molar-refractivity contribution in [1.29, 1.82) is 0 Å². The van der Waals surface area contributed by atoms with E-state index in [1.807, 2.05) is 56.3 Å². The lowest BCUT2D eigenvalue weighted by Crippen LogP contribution is -2.20. The Hall–Kier alpha value is -4.52. The van der Waals surface area contributed by atoms with Gasteiger partial charge < -0.3 is 15.2 Å². The maximum atomic E-state index is 13.3. The molecule has 7 nitrogen and oxygen atoms in total. The normalized spacial score (nSPS) is 12.6. The van der Waals surface area contributed by atoms with Crippen LogP contribution in [0.15, 0.2) is 83.3 Å². The third kappa shape index (κ3) is 5.21. The fraction of sp³-hybridized carbons (Fsp3) is 0.200. The van der Waals surface area contributed by atoms with Crippen LogP contribution in [0.25, 0.3) is 22.2 Å². The van der Waals surface area contributed by atoms with Crippen molar-refractivity contribution in [2.45, 2.75) is 26.7 Å². The first-order valence-corrected chi connectivity index (χ1v) is 12.3. The molecule has 5 rings (SSSR count). The molecule has 0 aliphatic heterocycles. The van der Waals surface area contributed by atoms with Crippen LogP contribution < -0.4 is 16.2 Å². The van der Waals surface area contributed by atoms with Crippen LogP contribution in [0.4, 0.5) is 11.6 Å². The SMILES string of the molecule is Cc1cccc(C(=O)Nc2ccc(C)c(-c3cc4cnc(NCCC5=CC=CC5)nc4c(=O)n3C)c2)c1. The van der Waals surface area contributed by atoms with E-state index < -0.39 is 0 Å².